The van der Waals surface area contributed by atoms with Gasteiger partial charge >= 0.3 is 0 Å². The molecule has 0 heterocycles. The lowest BCUT2D eigenvalue weighted by molar-refractivity contribution is -0.365. The number of hydrogen-bond acceptors (Lipinski definition) is 3. The Morgan fingerprint density at radius 3 is 1.78 bits per heavy atom. The molecule has 0 rings (SSSR count). The van der Waals surface area contributed by atoms with Gasteiger partial charge in [-0.3, -0.25) is 0 Å². The highest BCUT2D eigenvalue weighted by molar-refractivity contribution is 4.64. The van der Waals surface area contributed by atoms with Crippen molar-refractivity contribution in [2.45, 2.75) is 27.1 Å². The van der Waals surface area contributed by atoms with Gasteiger partial charge in [-0.05, 0) is 0 Å². The molecule has 0 spiro atoms. The lowest BCUT2D eigenvalue weighted by Gasteiger charge is -2.25. The molecular formula is C6H14O3. The largest absolute Gasteiger partial charge is 0.353 e. The molecule has 3 nitrogen and oxygen atoms in total. The predicted octanol–water partition coefficient (Wildman–Crippen LogP) is 1.49. The van der Waals surface area contributed by atoms with Gasteiger partial charge in [0.05, 0.1) is 0 Å². The van der Waals surface area contributed by atoms with Gasteiger partial charge in [0, 0.05) is 12.5 Å². The quantitative estimate of drug-likeness (QED) is 0.353. The van der Waals surface area contributed by atoms with E-state index >= 15 is 0 Å². The highest BCUT2D eigenvalue weighted by atomic mass is 17.1. The van der Waals surface area contributed by atoms with Crippen molar-refractivity contribution in [3.8, 4) is 0 Å². The summed E-state index contributed by atoms with van der Waals surface area (Å²) in [5.74, 6) is 0. The second-order valence-electron chi connectivity index (χ2n) is 3.04. The molecule has 0 aromatic heterocycles. The average Bonchev–Trinajstić information content (AvgIpc) is 1.65. The van der Waals surface area contributed by atoms with Crippen molar-refractivity contribution in [1.82, 2.24) is 0 Å². The van der Waals surface area contributed by atoms with Crippen LogP contribution in [0.1, 0.15) is 20.8 Å². The van der Waals surface area contributed by atoms with Gasteiger partial charge in [0.25, 0.3) is 0 Å². The van der Waals surface area contributed by atoms with E-state index in [2.05, 4.69) is 4.89 Å². The summed E-state index contributed by atoms with van der Waals surface area (Å²) in [7, 11) is 1.49. The standard InChI is InChI=1S/C6H14O3/c1-6(2,3)5(8-4)9-7/h5,7H,1-4H3. The first-order valence-corrected chi connectivity index (χ1v) is 2.85. The van der Waals surface area contributed by atoms with Crippen LogP contribution in [-0.4, -0.2) is 18.7 Å². The molecule has 0 aliphatic carbocycles. The molecule has 0 aromatic rings. The van der Waals surface area contributed by atoms with E-state index in [0.717, 1.165) is 0 Å². The summed E-state index contributed by atoms with van der Waals surface area (Å²) in [4.78, 5) is 4.04. The maximum Gasteiger partial charge on any atom is 0.195 e. The van der Waals surface area contributed by atoms with E-state index in [1.165, 1.54) is 7.11 Å². The van der Waals surface area contributed by atoms with Crippen LogP contribution >= 0.6 is 0 Å². The van der Waals surface area contributed by atoms with Gasteiger partial charge in [0.1, 0.15) is 0 Å². The van der Waals surface area contributed by atoms with E-state index in [9.17, 15) is 0 Å². The molecule has 0 aliphatic heterocycles. The summed E-state index contributed by atoms with van der Waals surface area (Å²) in [5.41, 5.74) is -0.177. The molecule has 9 heavy (non-hydrogen) atoms. The summed E-state index contributed by atoms with van der Waals surface area (Å²) in [6, 6.07) is 0. The summed E-state index contributed by atoms with van der Waals surface area (Å²) >= 11 is 0. The van der Waals surface area contributed by atoms with Crippen LogP contribution in [-0.2, 0) is 9.62 Å². The Labute approximate surface area is 55.5 Å². The Morgan fingerprint density at radius 2 is 1.78 bits per heavy atom. The fourth-order valence-corrected chi connectivity index (χ4v) is 0.555. The molecule has 0 fully saturated rings. The van der Waals surface area contributed by atoms with E-state index in [-0.39, 0.29) is 5.41 Å². The van der Waals surface area contributed by atoms with Gasteiger partial charge in [-0.2, -0.15) is 0 Å². The molecule has 0 saturated carbocycles. The molecular weight excluding hydrogens is 120 g/mol. The number of methoxy groups -OCH3 is 1. The third kappa shape index (κ3) is 2.79. The molecule has 56 valence electrons. The first-order valence-electron chi connectivity index (χ1n) is 2.85. The Bertz CT molecular complexity index is 70.9. The minimum atomic E-state index is -0.544. The smallest absolute Gasteiger partial charge is 0.195 e. The Morgan fingerprint density at radius 1 is 1.33 bits per heavy atom. The Balaban J connectivity index is 3.79. The van der Waals surface area contributed by atoms with Crippen LogP contribution < -0.4 is 0 Å². The molecule has 0 radical (unpaired) electrons. The maximum atomic E-state index is 8.24. The average molecular weight is 134 g/mol. The van der Waals surface area contributed by atoms with Gasteiger partial charge in [-0.15, -0.1) is 0 Å². The van der Waals surface area contributed by atoms with Crippen molar-refractivity contribution in [1.29, 1.82) is 0 Å². The summed E-state index contributed by atoms with van der Waals surface area (Å²) in [6.07, 6.45) is -0.544. The molecule has 1 atom stereocenters. The van der Waals surface area contributed by atoms with Crippen molar-refractivity contribution in [3.63, 3.8) is 0 Å². The van der Waals surface area contributed by atoms with Crippen molar-refractivity contribution >= 4 is 0 Å². The Hall–Kier alpha value is -0.120. The minimum Gasteiger partial charge on any atom is -0.353 e. The summed E-state index contributed by atoms with van der Waals surface area (Å²) in [5, 5.41) is 8.24. The highest BCUT2D eigenvalue weighted by Crippen LogP contribution is 2.21. The molecule has 0 aliphatic rings. The van der Waals surface area contributed by atoms with Crippen molar-refractivity contribution < 1.29 is 14.9 Å². The zero-order chi connectivity index (χ0) is 7.49. The van der Waals surface area contributed by atoms with E-state index in [1.54, 1.807) is 0 Å². The van der Waals surface area contributed by atoms with Gasteiger partial charge in [0.2, 0.25) is 0 Å². The lowest BCUT2D eigenvalue weighted by Crippen LogP contribution is -2.29. The fourth-order valence-electron chi connectivity index (χ4n) is 0.555. The molecule has 0 bridgehead atoms. The van der Waals surface area contributed by atoms with E-state index in [1.807, 2.05) is 20.8 Å². The normalized spacial score (nSPS) is 15.7. The highest BCUT2D eigenvalue weighted by Gasteiger charge is 2.24. The van der Waals surface area contributed by atoms with Crippen LogP contribution in [0.2, 0.25) is 0 Å². The first-order chi connectivity index (χ1) is 4.02. The number of hydrogen-bond donors (Lipinski definition) is 1. The molecule has 1 N–H and O–H groups in total. The SMILES string of the molecule is COC(OO)C(C)(C)C. The summed E-state index contributed by atoms with van der Waals surface area (Å²) in [6.45, 7) is 5.74. The third-order valence-corrected chi connectivity index (χ3v) is 1.02. The monoisotopic (exact) mass is 134 g/mol. The third-order valence-electron chi connectivity index (χ3n) is 1.02. The molecule has 0 saturated heterocycles. The van der Waals surface area contributed by atoms with Crippen LogP contribution in [0.3, 0.4) is 0 Å². The van der Waals surface area contributed by atoms with Gasteiger partial charge < -0.3 is 4.74 Å². The zero-order valence-corrected chi connectivity index (χ0v) is 6.34. The van der Waals surface area contributed by atoms with E-state index < -0.39 is 6.29 Å². The second-order valence-corrected chi connectivity index (χ2v) is 3.04. The van der Waals surface area contributed by atoms with Crippen LogP contribution in [0.25, 0.3) is 0 Å². The Kier molecular flexibility index (Phi) is 3.11. The molecule has 0 amide bonds. The maximum absolute atomic E-state index is 8.24. The van der Waals surface area contributed by atoms with Crippen molar-refractivity contribution in [2.75, 3.05) is 7.11 Å². The number of ether oxygens (including phenoxy) is 1. The van der Waals surface area contributed by atoms with Crippen LogP contribution in [0.4, 0.5) is 0 Å². The van der Waals surface area contributed by atoms with Gasteiger partial charge in [-0.25, -0.2) is 10.1 Å². The molecule has 0 aromatic carbocycles. The fraction of sp³-hybridized carbons (Fsp3) is 1.00. The van der Waals surface area contributed by atoms with E-state index in [0.29, 0.717) is 0 Å². The number of rotatable bonds is 2. The lowest BCUT2D eigenvalue weighted by atomic mass is 9.96. The summed E-state index contributed by atoms with van der Waals surface area (Å²) < 4.78 is 4.79. The zero-order valence-electron chi connectivity index (χ0n) is 6.34. The van der Waals surface area contributed by atoms with Crippen molar-refractivity contribution in [3.05, 3.63) is 0 Å². The molecule has 1 unspecified atom stereocenters. The van der Waals surface area contributed by atoms with Gasteiger partial charge in [0.15, 0.2) is 6.29 Å². The van der Waals surface area contributed by atoms with Crippen molar-refractivity contribution in [2.24, 2.45) is 5.41 Å². The topological polar surface area (TPSA) is 38.7 Å². The van der Waals surface area contributed by atoms with Crippen LogP contribution in [0.5, 0.6) is 0 Å². The second kappa shape index (κ2) is 3.15. The van der Waals surface area contributed by atoms with Crippen LogP contribution in [0.15, 0.2) is 0 Å². The minimum absolute atomic E-state index is 0.177. The van der Waals surface area contributed by atoms with E-state index in [4.69, 9.17) is 9.99 Å². The van der Waals surface area contributed by atoms with Gasteiger partial charge in [-0.1, -0.05) is 20.8 Å². The molecule has 3 heteroatoms. The van der Waals surface area contributed by atoms with Crippen LogP contribution in [0, 0.1) is 5.41 Å². The predicted molar refractivity (Wildman–Crippen MR) is 34.0 cm³/mol. The first kappa shape index (κ1) is 8.88.